The number of halogens is 1. The van der Waals surface area contributed by atoms with E-state index in [1.165, 1.54) is 38.8 Å². The van der Waals surface area contributed by atoms with E-state index in [0.29, 0.717) is 28.8 Å². The van der Waals surface area contributed by atoms with Crippen LogP contribution in [0.4, 0.5) is 0 Å². The average molecular weight is 479 g/mol. The lowest BCUT2D eigenvalue weighted by molar-refractivity contribution is 0.0273. The van der Waals surface area contributed by atoms with E-state index in [4.69, 9.17) is 27.1 Å². The van der Waals surface area contributed by atoms with Crippen molar-refractivity contribution in [1.82, 2.24) is 19.5 Å². The SMILES string of the molecule is CC(=NC1CC2(CCN(C)CC2)C1)/C(=C\N)c1cc(OCc2ccccn2)c2c(Cl)cnn2c1. The van der Waals surface area contributed by atoms with Gasteiger partial charge >= 0.3 is 0 Å². The molecule has 4 heterocycles. The van der Waals surface area contributed by atoms with Crippen molar-refractivity contribution in [2.75, 3.05) is 20.1 Å². The number of nitrogens with two attached hydrogens (primary N) is 1. The minimum Gasteiger partial charge on any atom is -0.485 e. The first-order chi connectivity index (χ1) is 16.5. The summed E-state index contributed by atoms with van der Waals surface area (Å²) in [4.78, 5) is 11.8. The van der Waals surface area contributed by atoms with Crippen LogP contribution in [0.2, 0.25) is 5.02 Å². The summed E-state index contributed by atoms with van der Waals surface area (Å²) in [5.41, 5.74) is 10.8. The van der Waals surface area contributed by atoms with E-state index < -0.39 is 0 Å². The van der Waals surface area contributed by atoms with Crippen LogP contribution in [0.15, 0.2) is 54.0 Å². The molecule has 2 aliphatic rings. The van der Waals surface area contributed by atoms with E-state index >= 15 is 0 Å². The van der Waals surface area contributed by atoms with Crippen LogP contribution >= 0.6 is 11.6 Å². The van der Waals surface area contributed by atoms with Crippen molar-refractivity contribution in [3.63, 3.8) is 0 Å². The molecule has 0 atom stereocenters. The van der Waals surface area contributed by atoms with Crippen molar-refractivity contribution in [3.8, 4) is 5.75 Å². The second-order valence-corrected chi connectivity index (χ2v) is 10.1. The molecule has 1 spiro atoms. The number of aliphatic imine (C=N–C) groups is 1. The summed E-state index contributed by atoms with van der Waals surface area (Å²) in [6, 6.07) is 8.07. The number of pyridine rings is 2. The summed E-state index contributed by atoms with van der Waals surface area (Å²) in [5.74, 6) is 0.631. The molecule has 34 heavy (non-hydrogen) atoms. The van der Waals surface area contributed by atoms with Crippen molar-refractivity contribution >= 4 is 28.4 Å². The zero-order valence-electron chi connectivity index (χ0n) is 19.7. The second-order valence-electron chi connectivity index (χ2n) is 9.65. The molecule has 3 aromatic rings. The van der Waals surface area contributed by atoms with Crippen LogP contribution < -0.4 is 10.5 Å². The van der Waals surface area contributed by atoms with Gasteiger partial charge in [-0.1, -0.05) is 17.7 Å². The molecule has 0 radical (unpaired) electrons. The van der Waals surface area contributed by atoms with E-state index in [-0.39, 0.29) is 0 Å². The molecule has 178 valence electrons. The molecule has 0 unspecified atom stereocenters. The third-order valence-corrected chi connectivity index (χ3v) is 7.54. The fourth-order valence-electron chi connectivity index (χ4n) is 5.24. The maximum absolute atomic E-state index is 6.42. The maximum atomic E-state index is 6.42. The summed E-state index contributed by atoms with van der Waals surface area (Å²) < 4.78 is 7.87. The zero-order valence-corrected chi connectivity index (χ0v) is 20.5. The normalized spacial score (nSPS) is 19.5. The molecule has 0 aromatic carbocycles. The quantitative estimate of drug-likeness (QED) is 0.524. The first-order valence-corrected chi connectivity index (χ1v) is 12.2. The molecule has 8 heteroatoms. The van der Waals surface area contributed by atoms with Gasteiger partial charge in [0.2, 0.25) is 0 Å². The first-order valence-electron chi connectivity index (χ1n) is 11.8. The highest BCUT2D eigenvalue weighted by Gasteiger charge is 2.45. The van der Waals surface area contributed by atoms with Crippen LogP contribution in [0.25, 0.3) is 11.1 Å². The van der Waals surface area contributed by atoms with Gasteiger partial charge in [-0.25, -0.2) is 4.52 Å². The number of fused-ring (bicyclic) bond motifs is 1. The lowest BCUT2D eigenvalue weighted by Gasteiger charge is -2.50. The van der Waals surface area contributed by atoms with Gasteiger partial charge in [-0.3, -0.25) is 9.98 Å². The van der Waals surface area contributed by atoms with Gasteiger partial charge in [0, 0.05) is 35.4 Å². The summed E-state index contributed by atoms with van der Waals surface area (Å²) in [6.07, 6.45) is 11.8. The Kier molecular flexibility index (Phi) is 6.32. The molecule has 1 aliphatic carbocycles. The Morgan fingerprint density at radius 2 is 2.12 bits per heavy atom. The minimum atomic E-state index is 0.329. The van der Waals surface area contributed by atoms with Crippen molar-refractivity contribution in [1.29, 1.82) is 0 Å². The Balaban J connectivity index is 1.37. The molecule has 1 saturated carbocycles. The monoisotopic (exact) mass is 478 g/mol. The second kappa shape index (κ2) is 9.39. The largest absolute Gasteiger partial charge is 0.485 e. The summed E-state index contributed by atoms with van der Waals surface area (Å²) in [6.45, 7) is 4.75. The number of nitrogens with zero attached hydrogens (tertiary/aromatic N) is 5. The van der Waals surface area contributed by atoms with Gasteiger partial charge in [0.05, 0.1) is 23.0 Å². The summed E-state index contributed by atoms with van der Waals surface area (Å²) in [7, 11) is 2.21. The van der Waals surface area contributed by atoms with Crippen LogP contribution in [0.5, 0.6) is 5.75 Å². The predicted octanol–water partition coefficient (Wildman–Crippen LogP) is 4.60. The van der Waals surface area contributed by atoms with E-state index in [1.807, 2.05) is 37.4 Å². The number of likely N-dealkylation sites (tertiary alicyclic amines) is 1. The molecule has 0 amide bonds. The summed E-state index contributed by atoms with van der Waals surface area (Å²) in [5, 5.41) is 4.93. The van der Waals surface area contributed by atoms with Crippen molar-refractivity contribution in [2.45, 2.75) is 45.3 Å². The van der Waals surface area contributed by atoms with Crippen LogP contribution in [0.1, 0.15) is 43.9 Å². The minimum absolute atomic E-state index is 0.329. The number of allylic oxidation sites excluding steroid dienone is 1. The van der Waals surface area contributed by atoms with Crippen molar-refractivity contribution < 1.29 is 4.74 Å². The molecule has 2 N–H and O–H groups in total. The third kappa shape index (κ3) is 4.55. The number of hydrogen-bond donors (Lipinski definition) is 1. The molecule has 3 aromatic heterocycles. The Hall–Kier alpha value is -2.90. The van der Waals surface area contributed by atoms with Crippen LogP contribution in [-0.2, 0) is 6.61 Å². The molecule has 0 bridgehead atoms. The fraction of sp³-hybridized carbons (Fsp3) is 0.423. The van der Waals surface area contributed by atoms with Gasteiger partial charge in [-0.2, -0.15) is 5.10 Å². The van der Waals surface area contributed by atoms with Crippen molar-refractivity contribution in [2.24, 2.45) is 16.1 Å². The molecule has 5 rings (SSSR count). The van der Waals surface area contributed by atoms with Gasteiger partial charge in [0.15, 0.2) is 0 Å². The predicted molar refractivity (Wildman–Crippen MR) is 136 cm³/mol. The van der Waals surface area contributed by atoms with Gasteiger partial charge in [-0.05, 0) is 76.4 Å². The lowest BCUT2D eigenvalue weighted by Crippen LogP contribution is -2.47. The van der Waals surface area contributed by atoms with Gasteiger partial charge < -0.3 is 15.4 Å². The van der Waals surface area contributed by atoms with E-state index in [1.54, 1.807) is 23.1 Å². The van der Waals surface area contributed by atoms with Gasteiger partial charge in [0.25, 0.3) is 0 Å². The van der Waals surface area contributed by atoms with Crippen LogP contribution in [0.3, 0.4) is 0 Å². The Labute approximate surface area is 205 Å². The van der Waals surface area contributed by atoms with Gasteiger partial charge in [0.1, 0.15) is 17.9 Å². The smallest absolute Gasteiger partial charge is 0.147 e. The highest BCUT2D eigenvalue weighted by molar-refractivity contribution is 6.34. The Morgan fingerprint density at radius 1 is 1.32 bits per heavy atom. The van der Waals surface area contributed by atoms with Crippen molar-refractivity contribution in [3.05, 3.63) is 65.3 Å². The molecule has 1 aliphatic heterocycles. The topological polar surface area (TPSA) is 81.0 Å². The van der Waals surface area contributed by atoms with Gasteiger partial charge in [-0.15, -0.1) is 0 Å². The Morgan fingerprint density at radius 3 is 2.82 bits per heavy atom. The maximum Gasteiger partial charge on any atom is 0.147 e. The highest BCUT2D eigenvalue weighted by atomic mass is 35.5. The van der Waals surface area contributed by atoms with E-state index in [2.05, 4.69) is 22.0 Å². The fourth-order valence-corrected chi connectivity index (χ4v) is 5.47. The third-order valence-electron chi connectivity index (χ3n) is 7.26. The molecular weight excluding hydrogens is 448 g/mol. The number of aromatic nitrogens is 3. The number of rotatable bonds is 6. The summed E-state index contributed by atoms with van der Waals surface area (Å²) >= 11 is 6.42. The van der Waals surface area contributed by atoms with Crippen LogP contribution in [-0.4, -0.2) is 51.4 Å². The lowest BCUT2D eigenvalue weighted by atomic mass is 9.60. The first kappa shape index (κ1) is 22.9. The molecule has 1 saturated heterocycles. The number of ether oxygens (including phenoxy) is 1. The van der Waals surface area contributed by atoms with E-state index in [0.717, 1.165) is 28.1 Å². The molecular formula is C26H31ClN6O. The number of hydrogen-bond acceptors (Lipinski definition) is 6. The highest BCUT2D eigenvalue weighted by Crippen LogP contribution is 2.50. The molecule has 7 nitrogen and oxygen atoms in total. The number of piperidine rings is 1. The standard InChI is InChI=1S/C26H31ClN6O/c1-18(31-21-12-26(13-21)6-9-32(2)10-7-26)22(14-28)19-11-24(25-23(27)15-30-33(25)16-19)34-17-20-5-3-4-8-29-20/h3-5,8,11,14-16,21H,6-7,9-10,12-13,17,28H2,1-2H3/b22-14+,31-18?. The zero-order chi connectivity index (χ0) is 23.7. The Bertz CT molecular complexity index is 1220. The molecule has 2 fully saturated rings. The average Bonchev–Trinajstić information content (AvgIpc) is 3.20. The van der Waals surface area contributed by atoms with E-state index in [9.17, 15) is 0 Å². The van der Waals surface area contributed by atoms with Crippen LogP contribution in [0, 0.1) is 5.41 Å².